The number of nitrogens with zero attached hydrogens (tertiary/aromatic N) is 2. The zero-order chi connectivity index (χ0) is 10.0. The van der Waals surface area contributed by atoms with Gasteiger partial charge in [0.25, 0.3) is 0 Å². The number of nitrogens with one attached hydrogen (secondary N) is 1. The molecule has 1 N–H and O–H groups in total. The Kier molecular flexibility index (Phi) is 2.40. The van der Waals surface area contributed by atoms with Crippen LogP contribution in [0.1, 0.15) is 26.7 Å². The lowest BCUT2D eigenvalue weighted by Crippen LogP contribution is -2.21. The molecular formula is C11H17N3. The van der Waals surface area contributed by atoms with Crippen molar-refractivity contribution in [2.75, 3.05) is 11.9 Å². The maximum Gasteiger partial charge on any atom is 0.129 e. The van der Waals surface area contributed by atoms with Crippen molar-refractivity contribution in [3.63, 3.8) is 0 Å². The predicted octanol–water partition coefficient (Wildman–Crippen LogP) is 2.32. The second-order valence-corrected chi connectivity index (χ2v) is 4.47. The van der Waals surface area contributed by atoms with Crippen molar-refractivity contribution in [1.82, 2.24) is 9.97 Å². The topological polar surface area (TPSA) is 37.8 Å². The van der Waals surface area contributed by atoms with Crippen LogP contribution in [0, 0.1) is 11.3 Å². The molecule has 1 aliphatic rings. The Morgan fingerprint density at radius 3 is 2.79 bits per heavy atom. The van der Waals surface area contributed by atoms with Crippen LogP contribution in [0.3, 0.4) is 0 Å². The minimum atomic E-state index is 0.533. The highest BCUT2D eigenvalue weighted by atomic mass is 15.0. The van der Waals surface area contributed by atoms with E-state index >= 15 is 0 Å². The van der Waals surface area contributed by atoms with Gasteiger partial charge in [0.1, 0.15) is 12.1 Å². The largest absolute Gasteiger partial charge is 0.369 e. The van der Waals surface area contributed by atoms with Gasteiger partial charge in [0, 0.05) is 12.7 Å². The molecule has 0 spiro atoms. The van der Waals surface area contributed by atoms with Crippen LogP contribution in [0.2, 0.25) is 0 Å². The molecule has 1 aromatic rings. The molecule has 0 atom stereocenters. The highest BCUT2D eigenvalue weighted by Crippen LogP contribution is 2.51. The van der Waals surface area contributed by atoms with Crippen LogP contribution < -0.4 is 5.32 Å². The van der Waals surface area contributed by atoms with Crippen molar-refractivity contribution in [3.8, 4) is 0 Å². The molecular weight excluding hydrogens is 174 g/mol. The summed E-state index contributed by atoms with van der Waals surface area (Å²) in [6.45, 7) is 5.64. The quantitative estimate of drug-likeness (QED) is 0.793. The van der Waals surface area contributed by atoms with Gasteiger partial charge in [-0.15, -0.1) is 0 Å². The van der Waals surface area contributed by atoms with E-state index < -0.39 is 0 Å². The third-order valence-electron chi connectivity index (χ3n) is 3.32. The first kappa shape index (κ1) is 9.44. The van der Waals surface area contributed by atoms with Gasteiger partial charge in [0.05, 0.1) is 0 Å². The molecule has 3 nitrogen and oxygen atoms in total. The number of hydrogen-bond acceptors (Lipinski definition) is 3. The first-order valence-electron chi connectivity index (χ1n) is 5.23. The molecule has 1 heterocycles. The molecule has 0 aliphatic heterocycles. The Morgan fingerprint density at radius 1 is 1.50 bits per heavy atom. The Balaban J connectivity index is 1.89. The normalized spacial score (nSPS) is 18.2. The average Bonchev–Trinajstić information content (AvgIpc) is 2.97. The van der Waals surface area contributed by atoms with E-state index in [1.54, 1.807) is 12.5 Å². The Hall–Kier alpha value is -1.12. The van der Waals surface area contributed by atoms with Gasteiger partial charge in [-0.05, 0) is 30.2 Å². The monoisotopic (exact) mass is 191 g/mol. The summed E-state index contributed by atoms with van der Waals surface area (Å²) in [5, 5.41) is 3.38. The average molecular weight is 191 g/mol. The first-order valence-corrected chi connectivity index (χ1v) is 5.23. The molecule has 1 aromatic heterocycles. The van der Waals surface area contributed by atoms with E-state index in [0.29, 0.717) is 5.41 Å². The molecule has 0 amide bonds. The maximum absolute atomic E-state index is 4.15. The molecule has 0 bridgehead atoms. The van der Waals surface area contributed by atoms with Crippen LogP contribution in [-0.2, 0) is 0 Å². The van der Waals surface area contributed by atoms with E-state index in [-0.39, 0.29) is 0 Å². The van der Waals surface area contributed by atoms with Gasteiger partial charge in [-0.1, -0.05) is 13.8 Å². The van der Waals surface area contributed by atoms with E-state index in [2.05, 4.69) is 29.1 Å². The molecule has 1 saturated carbocycles. The standard InChI is InChI=1S/C11H17N3/c1-9(2)11(4-5-11)7-13-10-3-6-12-8-14-10/h3,6,8-9H,4-5,7H2,1-2H3,(H,12,13,14). The highest BCUT2D eigenvalue weighted by molar-refractivity contribution is 5.32. The number of hydrogen-bond donors (Lipinski definition) is 1. The summed E-state index contributed by atoms with van der Waals surface area (Å²) in [7, 11) is 0. The summed E-state index contributed by atoms with van der Waals surface area (Å²) >= 11 is 0. The van der Waals surface area contributed by atoms with Gasteiger partial charge < -0.3 is 5.32 Å². The van der Waals surface area contributed by atoms with Gasteiger partial charge in [-0.3, -0.25) is 0 Å². The minimum Gasteiger partial charge on any atom is -0.369 e. The number of rotatable bonds is 4. The second kappa shape index (κ2) is 3.56. The fraction of sp³-hybridized carbons (Fsp3) is 0.636. The Morgan fingerprint density at radius 2 is 2.29 bits per heavy atom. The predicted molar refractivity (Wildman–Crippen MR) is 57.0 cm³/mol. The van der Waals surface area contributed by atoms with Gasteiger partial charge >= 0.3 is 0 Å². The van der Waals surface area contributed by atoms with E-state index in [0.717, 1.165) is 18.3 Å². The first-order chi connectivity index (χ1) is 6.73. The summed E-state index contributed by atoms with van der Waals surface area (Å²) < 4.78 is 0. The SMILES string of the molecule is CC(C)C1(CNc2ccncn2)CC1. The van der Waals surface area contributed by atoms with Crippen LogP contribution in [0.4, 0.5) is 5.82 Å². The smallest absolute Gasteiger partial charge is 0.129 e. The van der Waals surface area contributed by atoms with Crippen LogP contribution in [0.15, 0.2) is 18.6 Å². The fourth-order valence-corrected chi connectivity index (χ4v) is 1.78. The lowest BCUT2D eigenvalue weighted by molar-refractivity contribution is 0.380. The summed E-state index contributed by atoms with van der Waals surface area (Å²) in [6.07, 6.45) is 6.05. The molecule has 1 fully saturated rings. The van der Waals surface area contributed by atoms with Gasteiger partial charge in [0.15, 0.2) is 0 Å². The van der Waals surface area contributed by atoms with E-state index in [4.69, 9.17) is 0 Å². The molecule has 1 aliphatic carbocycles. The van der Waals surface area contributed by atoms with Crippen molar-refractivity contribution in [2.24, 2.45) is 11.3 Å². The van der Waals surface area contributed by atoms with Crippen LogP contribution in [0.25, 0.3) is 0 Å². The Labute approximate surface area is 85.0 Å². The number of anilines is 1. The summed E-state index contributed by atoms with van der Waals surface area (Å²) in [4.78, 5) is 8.04. The second-order valence-electron chi connectivity index (χ2n) is 4.47. The van der Waals surface area contributed by atoms with E-state index in [1.807, 2.05) is 6.07 Å². The zero-order valence-electron chi connectivity index (χ0n) is 8.83. The van der Waals surface area contributed by atoms with Crippen LogP contribution in [0.5, 0.6) is 0 Å². The lowest BCUT2D eigenvalue weighted by Gasteiger charge is -2.20. The maximum atomic E-state index is 4.15. The summed E-state index contributed by atoms with van der Waals surface area (Å²) in [5.74, 6) is 1.70. The summed E-state index contributed by atoms with van der Waals surface area (Å²) in [6, 6.07) is 1.91. The molecule has 0 aromatic carbocycles. The molecule has 2 rings (SSSR count). The molecule has 0 unspecified atom stereocenters. The van der Waals surface area contributed by atoms with E-state index in [9.17, 15) is 0 Å². The van der Waals surface area contributed by atoms with Crippen LogP contribution >= 0.6 is 0 Å². The lowest BCUT2D eigenvalue weighted by atomic mass is 9.92. The van der Waals surface area contributed by atoms with Crippen molar-refractivity contribution >= 4 is 5.82 Å². The minimum absolute atomic E-state index is 0.533. The van der Waals surface area contributed by atoms with Gasteiger partial charge in [-0.25, -0.2) is 9.97 Å². The summed E-state index contributed by atoms with van der Waals surface area (Å²) in [5.41, 5.74) is 0.533. The number of aromatic nitrogens is 2. The molecule has 76 valence electrons. The third kappa shape index (κ3) is 1.86. The highest BCUT2D eigenvalue weighted by Gasteiger charge is 2.44. The molecule has 0 saturated heterocycles. The van der Waals surface area contributed by atoms with Gasteiger partial charge in [0.2, 0.25) is 0 Å². The zero-order valence-corrected chi connectivity index (χ0v) is 8.83. The molecule has 3 heteroatoms. The van der Waals surface area contributed by atoms with Crippen molar-refractivity contribution in [1.29, 1.82) is 0 Å². The van der Waals surface area contributed by atoms with Crippen LogP contribution in [-0.4, -0.2) is 16.5 Å². The van der Waals surface area contributed by atoms with Gasteiger partial charge in [-0.2, -0.15) is 0 Å². The third-order valence-corrected chi connectivity index (χ3v) is 3.32. The molecule has 0 radical (unpaired) electrons. The van der Waals surface area contributed by atoms with E-state index in [1.165, 1.54) is 12.8 Å². The van der Waals surface area contributed by atoms with Crippen molar-refractivity contribution in [3.05, 3.63) is 18.6 Å². The van der Waals surface area contributed by atoms with Crippen molar-refractivity contribution in [2.45, 2.75) is 26.7 Å². The van der Waals surface area contributed by atoms with Crippen molar-refractivity contribution < 1.29 is 0 Å². The Bertz CT molecular complexity index is 291. The molecule has 14 heavy (non-hydrogen) atoms. The fourth-order valence-electron chi connectivity index (χ4n) is 1.78.